The molecule has 2 fully saturated rings. The van der Waals surface area contributed by atoms with Crippen LogP contribution in [0.5, 0.6) is 0 Å². The summed E-state index contributed by atoms with van der Waals surface area (Å²) >= 11 is 0. The standard InChI is InChI=1S/C16H20N6O3/c1-4-10-13-14(25-16(2,3)24-13)12(22(10)23)8-5-6-9-11(8)18-7-19-15(9)20-21-17/h5,7,10,12-14,23H,4,6H2,1-3H3/t10-,12+,13-,14+/m1/s1. The van der Waals surface area contributed by atoms with Gasteiger partial charge in [-0.15, -0.1) is 0 Å². The Hall–Kier alpha value is -2.03. The first-order valence-corrected chi connectivity index (χ1v) is 8.39. The van der Waals surface area contributed by atoms with Gasteiger partial charge in [-0.2, -0.15) is 5.06 Å². The van der Waals surface area contributed by atoms with E-state index in [2.05, 4.69) is 20.0 Å². The molecule has 0 spiro atoms. The molecule has 25 heavy (non-hydrogen) atoms. The fourth-order valence-corrected chi connectivity index (χ4v) is 4.14. The topological polar surface area (TPSA) is 116 Å². The van der Waals surface area contributed by atoms with Crippen molar-refractivity contribution in [3.8, 4) is 0 Å². The Kier molecular flexibility index (Phi) is 3.78. The first-order valence-electron chi connectivity index (χ1n) is 8.39. The lowest BCUT2D eigenvalue weighted by Crippen LogP contribution is -2.41. The Bertz CT molecular complexity index is 788. The van der Waals surface area contributed by atoms with Crippen molar-refractivity contribution < 1.29 is 14.7 Å². The molecule has 1 aromatic rings. The predicted octanol–water partition coefficient (Wildman–Crippen LogP) is 2.73. The monoisotopic (exact) mass is 344 g/mol. The Morgan fingerprint density at radius 3 is 2.88 bits per heavy atom. The minimum Gasteiger partial charge on any atom is -0.343 e. The number of nitrogens with zero attached hydrogens (tertiary/aromatic N) is 6. The molecule has 4 rings (SSSR count). The van der Waals surface area contributed by atoms with Crippen molar-refractivity contribution in [1.29, 1.82) is 0 Å². The number of hydroxylamine groups is 2. The van der Waals surface area contributed by atoms with Crippen LogP contribution in [0.25, 0.3) is 16.0 Å². The Balaban J connectivity index is 1.74. The molecule has 9 heteroatoms. The third-order valence-electron chi connectivity index (χ3n) is 5.08. The van der Waals surface area contributed by atoms with Gasteiger partial charge in [0.05, 0.1) is 17.8 Å². The molecule has 2 aliphatic heterocycles. The highest BCUT2D eigenvalue weighted by molar-refractivity contribution is 5.77. The lowest BCUT2D eigenvalue weighted by atomic mass is 9.99. The van der Waals surface area contributed by atoms with Crippen LogP contribution in [-0.2, 0) is 15.9 Å². The normalized spacial score (nSPS) is 32.9. The molecule has 0 aromatic carbocycles. The number of allylic oxidation sites excluding steroid dienone is 1. The molecule has 3 heterocycles. The van der Waals surface area contributed by atoms with Gasteiger partial charge in [-0.25, -0.2) is 9.97 Å². The van der Waals surface area contributed by atoms with Gasteiger partial charge in [-0.05, 0) is 42.9 Å². The molecule has 1 N–H and O–H groups in total. The highest BCUT2D eigenvalue weighted by atomic mass is 16.8. The molecule has 0 bridgehead atoms. The summed E-state index contributed by atoms with van der Waals surface area (Å²) in [6, 6.07) is -0.535. The Morgan fingerprint density at radius 2 is 2.16 bits per heavy atom. The van der Waals surface area contributed by atoms with Gasteiger partial charge in [0.25, 0.3) is 0 Å². The molecular formula is C16H20N6O3. The van der Waals surface area contributed by atoms with Crippen molar-refractivity contribution in [3.05, 3.63) is 34.1 Å². The molecule has 0 unspecified atom stereocenters. The van der Waals surface area contributed by atoms with Gasteiger partial charge in [0.15, 0.2) is 5.79 Å². The van der Waals surface area contributed by atoms with E-state index in [4.69, 9.17) is 15.0 Å². The highest BCUT2D eigenvalue weighted by Crippen LogP contribution is 2.46. The summed E-state index contributed by atoms with van der Waals surface area (Å²) in [5.41, 5.74) is 11.1. The summed E-state index contributed by atoms with van der Waals surface area (Å²) in [5, 5.41) is 15.8. The number of ether oxygens (including phenoxy) is 2. The van der Waals surface area contributed by atoms with Crippen LogP contribution in [-0.4, -0.2) is 50.3 Å². The second kappa shape index (κ2) is 5.76. The molecule has 0 saturated carbocycles. The van der Waals surface area contributed by atoms with Crippen LogP contribution in [0.1, 0.15) is 38.4 Å². The number of aromatic nitrogens is 2. The average molecular weight is 344 g/mol. The van der Waals surface area contributed by atoms with Crippen molar-refractivity contribution in [2.24, 2.45) is 5.11 Å². The predicted molar refractivity (Wildman–Crippen MR) is 87.8 cm³/mol. The van der Waals surface area contributed by atoms with Crippen LogP contribution in [0.15, 0.2) is 17.5 Å². The second-order valence-electron chi connectivity index (χ2n) is 6.94. The zero-order chi connectivity index (χ0) is 17.8. The van der Waals surface area contributed by atoms with Gasteiger partial charge in [-0.1, -0.05) is 13.0 Å². The smallest absolute Gasteiger partial charge is 0.163 e. The second-order valence-corrected chi connectivity index (χ2v) is 6.94. The lowest BCUT2D eigenvalue weighted by molar-refractivity contribution is -0.207. The van der Waals surface area contributed by atoms with Crippen LogP contribution < -0.4 is 0 Å². The molecule has 3 aliphatic rings. The molecule has 4 atom stereocenters. The van der Waals surface area contributed by atoms with E-state index in [0.717, 1.165) is 17.6 Å². The van der Waals surface area contributed by atoms with Gasteiger partial charge < -0.3 is 14.7 Å². The third-order valence-corrected chi connectivity index (χ3v) is 5.08. The zero-order valence-electron chi connectivity index (χ0n) is 14.3. The zero-order valence-corrected chi connectivity index (χ0v) is 14.3. The van der Waals surface area contributed by atoms with Crippen LogP contribution in [0.4, 0.5) is 5.82 Å². The summed E-state index contributed by atoms with van der Waals surface area (Å²) in [4.78, 5) is 11.2. The summed E-state index contributed by atoms with van der Waals surface area (Å²) in [5.74, 6) is -0.361. The molecule has 0 amide bonds. The molecule has 1 aromatic heterocycles. The summed E-state index contributed by atoms with van der Waals surface area (Å²) in [6.07, 6.45) is 4.17. The summed E-state index contributed by atoms with van der Waals surface area (Å²) in [6.45, 7) is 5.78. The van der Waals surface area contributed by atoms with Crippen LogP contribution in [0.2, 0.25) is 0 Å². The van der Waals surface area contributed by atoms with E-state index in [9.17, 15) is 5.21 Å². The molecule has 132 valence electrons. The minimum absolute atomic E-state index is 0.153. The van der Waals surface area contributed by atoms with Gasteiger partial charge >= 0.3 is 0 Å². The maximum atomic E-state index is 10.8. The Morgan fingerprint density at radius 1 is 1.40 bits per heavy atom. The van der Waals surface area contributed by atoms with Crippen LogP contribution >= 0.6 is 0 Å². The number of hydrogen-bond acceptors (Lipinski definition) is 7. The van der Waals surface area contributed by atoms with E-state index < -0.39 is 5.79 Å². The van der Waals surface area contributed by atoms with Gasteiger partial charge in [-0.3, -0.25) is 0 Å². The molecule has 0 radical (unpaired) electrons. The SMILES string of the molecule is CC[C@@H]1[C@H]2OC(C)(C)O[C@H]2[C@H](C2=CCc3c(N=[N+]=[N-])ncnc32)N1O. The molecule has 1 aliphatic carbocycles. The van der Waals surface area contributed by atoms with Gasteiger partial charge in [0, 0.05) is 10.5 Å². The van der Waals surface area contributed by atoms with E-state index >= 15 is 0 Å². The van der Waals surface area contributed by atoms with Crippen LogP contribution in [0.3, 0.4) is 0 Å². The van der Waals surface area contributed by atoms with Crippen molar-refractivity contribution in [2.45, 2.75) is 63.7 Å². The molecular weight excluding hydrogens is 324 g/mol. The molecule has 9 nitrogen and oxygen atoms in total. The van der Waals surface area contributed by atoms with Gasteiger partial charge in [0.2, 0.25) is 0 Å². The van der Waals surface area contributed by atoms with E-state index in [0.29, 0.717) is 17.9 Å². The number of fused-ring (bicyclic) bond motifs is 2. The minimum atomic E-state index is -0.688. The third kappa shape index (κ3) is 2.44. The van der Waals surface area contributed by atoms with E-state index in [1.165, 1.54) is 11.4 Å². The maximum Gasteiger partial charge on any atom is 0.163 e. The van der Waals surface area contributed by atoms with Crippen molar-refractivity contribution in [1.82, 2.24) is 15.0 Å². The quantitative estimate of drug-likeness (QED) is 0.512. The Labute approximate surface area is 144 Å². The number of azide groups is 1. The highest BCUT2D eigenvalue weighted by Gasteiger charge is 2.58. The fourth-order valence-electron chi connectivity index (χ4n) is 4.14. The van der Waals surface area contributed by atoms with Crippen LogP contribution in [0, 0.1) is 0 Å². The fraction of sp³-hybridized carbons (Fsp3) is 0.625. The van der Waals surface area contributed by atoms with Crippen molar-refractivity contribution >= 4 is 11.4 Å². The number of rotatable bonds is 3. The number of hydrogen-bond donors (Lipinski definition) is 1. The maximum absolute atomic E-state index is 10.8. The average Bonchev–Trinajstić information content (AvgIpc) is 3.17. The first-order chi connectivity index (χ1) is 12.0. The lowest BCUT2D eigenvalue weighted by Gasteiger charge is -2.30. The van der Waals surface area contributed by atoms with E-state index in [1.54, 1.807) is 0 Å². The largest absolute Gasteiger partial charge is 0.343 e. The first kappa shape index (κ1) is 16.4. The van der Waals surface area contributed by atoms with Crippen molar-refractivity contribution in [3.63, 3.8) is 0 Å². The summed E-state index contributed by atoms with van der Waals surface area (Å²) in [7, 11) is 0. The van der Waals surface area contributed by atoms with Gasteiger partial charge in [0.1, 0.15) is 24.4 Å². The summed E-state index contributed by atoms with van der Waals surface area (Å²) < 4.78 is 12.1. The van der Waals surface area contributed by atoms with E-state index in [1.807, 2.05) is 26.8 Å². The van der Waals surface area contributed by atoms with Crippen molar-refractivity contribution in [2.75, 3.05) is 0 Å². The molecule has 2 saturated heterocycles. The van der Waals surface area contributed by atoms with E-state index in [-0.39, 0.29) is 24.3 Å².